The highest BCUT2D eigenvalue weighted by atomic mass is 35.5. The summed E-state index contributed by atoms with van der Waals surface area (Å²) in [5, 5.41) is 14.6. The van der Waals surface area contributed by atoms with Crippen LogP contribution in [0.15, 0.2) is 48.5 Å². The maximum Gasteiger partial charge on any atom is 0.138 e. The van der Waals surface area contributed by atoms with Crippen molar-refractivity contribution < 1.29 is 9.84 Å². The van der Waals surface area contributed by atoms with E-state index in [4.69, 9.17) is 16.3 Å². The van der Waals surface area contributed by atoms with Crippen molar-refractivity contribution in [3.63, 3.8) is 0 Å². The van der Waals surface area contributed by atoms with Crippen LogP contribution in [-0.2, 0) is 6.42 Å². The lowest BCUT2D eigenvalue weighted by Crippen LogP contribution is -2.58. The van der Waals surface area contributed by atoms with Crippen LogP contribution < -0.4 is 9.64 Å². The van der Waals surface area contributed by atoms with Gasteiger partial charge in [-0.15, -0.1) is 0 Å². The van der Waals surface area contributed by atoms with Crippen molar-refractivity contribution in [3.05, 3.63) is 70.2 Å². The number of benzene rings is 3. The molecule has 4 rings (SSSR count). The third kappa shape index (κ3) is 5.05. The Bertz CT molecular complexity index is 1140. The van der Waals surface area contributed by atoms with Gasteiger partial charge in [-0.25, -0.2) is 0 Å². The Hall–Kier alpha value is -2.27. The Labute approximate surface area is 209 Å². The molecule has 0 aliphatic carbocycles. The van der Waals surface area contributed by atoms with E-state index in [0.29, 0.717) is 17.2 Å². The summed E-state index contributed by atoms with van der Waals surface area (Å²) >= 11 is 6.52. The summed E-state index contributed by atoms with van der Waals surface area (Å²) in [5.41, 5.74) is 4.27. The quantitative estimate of drug-likeness (QED) is 0.406. The van der Waals surface area contributed by atoms with Crippen LogP contribution in [0.25, 0.3) is 10.8 Å². The lowest BCUT2D eigenvalue weighted by molar-refractivity contribution is -0.117. The molecular formula is C29H37ClN2O2. The predicted octanol–water partition coefficient (Wildman–Crippen LogP) is 6.36. The molecule has 0 aromatic heterocycles. The van der Waals surface area contributed by atoms with E-state index in [2.05, 4.69) is 60.9 Å². The molecule has 0 saturated carbocycles. The Kier molecular flexibility index (Phi) is 7.71. The maximum absolute atomic E-state index is 11.9. The van der Waals surface area contributed by atoms with E-state index >= 15 is 0 Å². The zero-order valence-electron chi connectivity index (χ0n) is 20.9. The molecule has 1 aliphatic heterocycles. The summed E-state index contributed by atoms with van der Waals surface area (Å²) < 4.78 is 5.36. The molecule has 5 heteroatoms. The van der Waals surface area contributed by atoms with Crippen LogP contribution in [0.3, 0.4) is 0 Å². The molecule has 0 amide bonds. The van der Waals surface area contributed by atoms with Gasteiger partial charge >= 0.3 is 0 Å². The van der Waals surface area contributed by atoms with E-state index in [0.717, 1.165) is 61.8 Å². The van der Waals surface area contributed by atoms with E-state index in [-0.39, 0.29) is 0 Å². The van der Waals surface area contributed by atoms with E-state index in [1.165, 1.54) is 16.8 Å². The standard InChI is InChI=1S/C29H37ClN2O2/c1-5-6-14-29(33,20-23-10-12-25-24(19-23)11-13-27(34-4)28(25)30)32-17-15-31(16-18-32)26-9-7-8-21(2)22(26)3/h7-13,19,33H,5-6,14-18,20H2,1-4H3. The summed E-state index contributed by atoms with van der Waals surface area (Å²) in [4.78, 5) is 4.76. The highest BCUT2D eigenvalue weighted by Gasteiger charge is 2.36. The van der Waals surface area contributed by atoms with Gasteiger partial charge in [-0.2, -0.15) is 0 Å². The van der Waals surface area contributed by atoms with Crippen LogP contribution in [0.1, 0.15) is 42.9 Å². The van der Waals surface area contributed by atoms with Gasteiger partial charge in [0.15, 0.2) is 0 Å². The van der Waals surface area contributed by atoms with Crippen LogP contribution in [0.5, 0.6) is 5.75 Å². The summed E-state index contributed by atoms with van der Waals surface area (Å²) in [7, 11) is 1.63. The van der Waals surface area contributed by atoms with E-state index in [1.54, 1.807) is 7.11 Å². The average molecular weight is 481 g/mol. The summed E-state index contributed by atoms with van der Waals surface area (Å²) in [6, 6.07) is 16.8. The monoisotopic (exact) mass is 480 g/mol. The number of unbranched alkanes of at least 4 members (excludes halogenated alkanes) is 1. The number of aryl methyl sites for hydroxylation is 1. The van der Waals surface area contributed by atoms with Gasteiger partial charge in [-0.05, 0) is 60.9 Å². The van der Waals surface area contributed by atoms with Gasteiger partial charge in [0.2, 0.25) is 0 Å². The smallest absolute Gasteiger partial charge is 0.138 e. The van der Waals surface area contributed by atoms with Crippen molar-refractivity contribution in [1.29, 1.82) is 0 Å². The maximum atomic E-state index is 11.9. The van der Waals surface area contributed by atoms with Crippen LogP contribution in [0, 0.1) is 13.8 Å². The van der Waals surface area contributed by atoms with Gasteiger partial charge in [-0.3, -0.25) is 4.90 Å². The number of anilines is 1. The molecular weight excluding hydrogens is 444 g/mol. The van der Waals surface area contributed by atoms with Crippen molar-refractivity contribution in [2.24, 2.45) is 0 Å². The van der Waals surface area contributed by atoms with E-state index < -0.39 is 5.72 Å². The van der Waals surface area contributed by atoms with Gasteiger partial charge in [0.1, 0.15) is 11.5 Å². The molecule has 1 heterocycles. The first-order chi connectivity index (χ1) is 16.4. The molecule has 0 radical (unpaired) electrons. The Morgan fingerprint density at radius 3 is 2.50 bits per heavy atom. The number of halogens is 1. The summed E-state index contributed by atoms with van der Waals surface area (Å²) in [6.45, 7) is 10.1. The van der Waals surface area contributed by atoms with Crippen molar-refractivity contribution in [2.75, 3.05) is 38.2 Å². The SMILES string of the molecule is CCCCC(O)(Cc1ccc2c(Cl)c(OC)ccc2c1)N1CCN(c2cccc(C)c2C)CC1. The Morgan fingerprint density at radius 2 is 1.79 bits per heavy atom. The van der Waals surface area contributed by atoms with Gasteiger partial charge in [-0.1, -0.05) is 61.3 Å². The number of aliphatic hydroxyl groups is 1. The second kappa shape index (κ2) is 10.6. The fraction of sp³-hybridized carbons (Fsp3) is 0.448. The molecule has 1 atom stereocenters. The van der Waals surface area contributed by atoms with Gasteiger partial charge in [0, 0.05) is 43.7 Å². The molecule has 3 aromatic carbocycles. The molecule has 34 heavy (non-hydrogen) atoms. The zero-order valence-corrected chi connectivity index (χ0v) is 21.7. The molecule has 1 saturated heterocycles. The summed E-state index contributed by atoms with van der Waals surface area (Å²) in [5.74, 6) is 0.683. The van der Waals surface area contributed by atoms with Crippen LogP contribution >= 0.6 is 11.6 Å². The van der Waals surface area contributed by atoms with Crippen LogP contribution in [0.4, 0.5) is 5.69 Å². The van der Waals surface area contributed by atoms with Crippen LogP contribution in [0.2, 0.25) is 5.02 Å². The molecule has 1 fully saturated rings. The number of hydrogen-bond acceptors (Lipinski definition) is 4. The second-order valence-corrected chi connectivity index (χ2v) is 9.97. The first-order valence-corrected chi connectivity index (χ1v) is 12.8. The molecule has 0 bridgehead atoms. The molecule has 1 unspecified atom stereocenters. The number of fused-ring (bicyclic) bond motifs is 1. The number of hydrogen-bond donors (Lipinski definition) is 1. The molecule has 182 valence electrons. The molecule has 4 nitrogen and oxygen atoms in total. The van der Waals surface area contributed by atoms with Crippen molar-refractivity contribution in [2.45, 2.75) is 52.2 Å². The van der Waals surface area contributed by atoms with Gasteiger partial charge in [0.05, 0.1) is 12.1 Å². The molecule has 1 N–H and O–H groups in total. The minimum absolute atomic E-state index is 0.607. The Balaban J connectivity index is 1.53. The third-order valence-electron chi connectivity index (χ3n) is 7.41. The number of piperazine rings is 1. The predicted molar refractivity (Wildman–Crippen MR) is 143 cm³/mol. The molecule has 0 spiro atoms. The fourth-order valence-electron chi connectivity index (χ4n) is 5.18. The number of rotatable bonds is 8. The Morgan fingerprint density at radius 1 is 1.03 bits per heavy atom. The normalized spacial score (nSPS) is 16.6. The van der Waals surface area contributed by atoms with E-state index in [9.17, 15) is 5.11 Å². The minimum Gasteiger partial charge on any atom is -0.495 e. The van der Waals surface area contributed by atoms with Gasteiger partial charge in [0.25, 0.3) is 0 Å². The number of ether oxygens (including phenoxy) is 1. The fourth-order valence-corrected chi connectivity index (χ4v) is 5.49. The lowest BCUT2D eigenvalue weighted by atomic mass is 9.93. The first-order valence-electron chi connectivity index (χ1n) is 12.4. The van der Waals surface area contributed by atoms with Crippen LogP contribution in [-0.4, -0.2) is 49.0 Å². The van der Waals surface area contributed by atoms with Crippen molar-refractivity contribution in [1.82, 2.24) is 4.90 Å². The lowest BCUT2D eigenvalue weighted by Gasteiger charge is -2.46. The van der Waals surface area contributed by atoms with E-state index in [1.807, 2.05) is 18.2 Å². The minimum atomic E-state index is -0.853. The molecule has 3 aromatic rings. The van der Waals surface area contributed by atoms with Crippen molar-refractivity contribution in [3.8, 4) is 5.75 Å². The first kappa shape index (κ1) is 24.8. The van der Waals surface area contributed by atoms with Gasteiger partial charge < -0.3 is 14.7 Å². The highest BCUT2D eigenvalue weighted by Crippen LogP contribution is 2.35. The average Bonchev–Trinajstić information content (AvgIpc) is 2.85. The second-order valence-electron chi connectivity index (χ2n) is 9.59. The zero-order chi connectivity index (χ0) is 24.3. The topological polar surface area (TPSA) is 35.9 Å². The highest BCUT2D eigenvalue weighted by molar-refractivity contribution is 6.37. The number of nitrogens with zero attached hydrogens (tertiary/aromatic N) is 2. The third-order valence-corrected chi connectivity index (χ3v) is 7.80. The molecule has 1 aliphatic rings. The number of methoxy groups -OCH3 is 1. The summed E-state index contributed by atoms with van der Waals surface area (Å²) in [6.07, 6.45) is 3.45. The van der Waals surface area contributed by atoms with Crippen molar-refractivity contribution >= 4 is 28.1 Å². The largest absolute Gasteiger partial charge is 0.495 e.